The normalized spacial score (nSPS) is 21.2. The summed E-state index contributed by atoms with van der Waals surface area (Å²) in [5.41, 5.74) is 5.48. The van der Waals surface area contributed by atoms with Gasteiger partial charge in [-0.05, 0) is 85.9 Å². The Kier molecular flexibility index (Phi) is 6.97. The van der Waals surface area contributed by atoms with Crippen LogP contribution in [0.25, 0.3) is 17.2 Å². The van der Waals surface area contributed by atoms with Crippen molar-refractivity contribution < 1.29 is 19.4 Å². The van der Waals surface area contributed by atoms with Crippen LogP contribution < -0.4 is 9.64 Å². The summed E-state index contributed by atoms with van der Waals surface area (Å²) in [6.45, 7) is 8.21. The second-order valence-electron chi connectivity index (χ2n) is 10.7. The first-order valence-corrected chi connectivity index (χ1v) is 13.8. The minimum atomic E-state index is -0.502. The van der Waals surface area contributed by atoms with Gasteiger partial charge in [-0.15, -0.1) is 11.8 Å². The summed E-state index contributed by atoms with van der Waals surface area (Å²) in [4.78, 5) is 18.8. The molecular formula is C29H36N2O4S. The maximum atomic E-state index is 12.9. The molecule has 7 heteroatoms. The number of benzene rings is 2. The zero-order valence-electron chi connectivity index (χ0n) is 21.6. The molecule has 192 valence electrons. The van der Waals surface area contributed by atoms with Crippen LogP contribution >= 0.6 is 11.8 Å². The number of fused-ring (bicyclic) bond motifs is 3. The first-order valence-electron chi connectivity index (χ1n) is 12.8. The maximum absolute atomic E-state index is 12.9. The quantitative estimate of drug-likeness (QED) is 0.565. The molecule has 0 unspecified atom stereocenters. The Balaban J connectivity index is 1.56. The third kappa shape index (κ3) is 4.83. The highest BCUT2D eigenvalue weighted by Crippen LogP contribution is 2.52. The molecule has 0 bridgehead atoms. The minimum absolute atomic E-state index is 0.0127. The minimum Gasteiger partial charge on any atom is -0.497 e. The van der Waals surface area contributed by atoms with Crippen LogP contribution in [0.5, 0.6) is 5.75 Å². The number of rotatable bonds is 4. The number of hydrogen-bond acceptors (Lipinski definition) is 6. The van der Waals surface area contributed by atoms with E-state index in [0.29, 0.717) is 12.6 Å². The highest BCUT2D eigenvalue weighted by molar-refractivity contribution is 7.99. The fourth-order valence-electron chi connectivity index (χ4n) is 5.70. The Morgan fingerprint density at radius 2 is 2.06 bits per heavy atom. The molecule has 0 radical (unpaired) electrons. The van der Waals surface area contributed by atoms with Crippen LogP contribution in [0.1, 0.15) is 50.7 Å². The van der Waals surface area contributed by atoms with E-state index < -0.39 is 5.60 Å². The molecule has 1 amide bonds. The second kappa shape index (κ2) is 10.0. The number of amides is 1. The van der Waals surface area contributed by atoms with Crippen molar-refractivity contribution in [3.8, 4) is 16.9 Å². The molecule has 5 rings (SSSR count). The number of ether oxygens (including phenoxy) is 2. The Morgan fingerprint density at radius 1 is 1.22 bits per heavy atom. The van der Waals surface area contributed by atoms with E-state index in [1.807, 2.05) is 55.6 Å². The molecule has 0 saturated carbocycles. The number of likely N-dealkylation sites (tertiary alicyclic amines) is 1. The highest BCUT2D eigenvalue weighted by atomic mass is 32.2. The van der Waals surface area contributed by atoms with Gasteiger partial charge in [-0.2, -0.15) is 0 Å². The van der Waals surface area contributed by atoms with E-state index in [-0.39, 0.29) is 18.6 Å². The van der Waals surface area contributed by atoms with Crippen molar-refractivity contribution in [2.45, 2.75) is 56.1 Å². The van der Waals surface area contributed by atoms with Gasteiger partial charge in [0.25, 0.3) is 0 Å². The van der Waals surface area contributed by atoms with Crippen LogP contribution in [0.4, 0.5) is 10.5 Å². The van der Waals surface area contributed by atoms with E-state index in [9.17, 15) is 9.90 Å². The lowest BCUT2D eigenvalue weighted by Gasteiger charge is -2.39. The fraction of sp³-hybridized carbons (Fsp3) is 0.483. The number of hydrogen-bond donors (Lipinski definition) is 1. The number of aliphatic hydroxyl groups is 1. The van der Waals surface area contributed by atoms with Gasteiger partial charge < -0.3 is 24.4 Å². The zero-order chi connectivity index (χ0) is 25.4. The summed E-state index contributed by atoms with van der Waals surface area (Å²) in [5.74, 6) is 2.15. The van der Waals surface area contributed by atoms with E-state index in [1.54, 1.807) is 13.2 Å². The van der Waals surface area contributed by atoms with Crippen molar-refractivity contribution in [1.82, 2.24) is 4.90 Å². The van der Waals surface area contributed by atoms with Crippen LogP contribution in [-0.4, -0.2) is 66.8 Å². The number of methoxy groups -OCH3 is 1. The average Bonchev–Trinajstić information content (AvgIpc) is 3.00. The number of aliphatic hydroxyl groups excluding tert-OH is 1. The molecule has 1 N–H and O–H groups in total. The van der Waals surface area contributed by atoms with E-state index >= 15 is 0 Å². The predicted octanol–water partition coefficient (Wildman–Crippen LogP) is 5.78. The van der Waals surface area contributed by atoms with Crippen LogP contribution in [-0.2, 0) is 4.74 Å². The van der Waals surface area contributed by atoms with Crippen LogP contribution in [0.15, 0.2) is 41.3 Å². The fourth-order valence-corrected chi connectivity index (χ4v) is 6.78. The largest absolute Gasteiger partial charge is 0.497 e. The average molecular weight is 509 g/mol. The molecule has 0 aliphatic carbocycles. The van der Waals surface area contributed by atoms with Gasteiger partial charge in [0.2, 0.25) is 0 Å². The standard InChI is InChI=1S/C29H36N2O4S/c1-29(2,3)35-28(33)30-12-10-25-24(18-30)23-16-20(17-26-27(23)31(25)11-6-14-36-26)22-9-8-21(34-4)15-19(22)7-5-13-32/h5,7-9,15-17,24-25,32H,6,10-14,18H2,1-4H3/b7-5+/t24-,25-/m0/s1. The second-order valence-corrected chi connectivity index (χ2v) is 11.9. The van der Waals surface area contributed by atoms with Crippen molar-refractivity contribution in [3.63, 3.8) is 0 Å². The Morgan fingerprint density at radius 3 is 2.81 bits per heavy atom. The molecule has 2 atom stereocenters. The maximum Gasteiger partial charge on any atom is 0.410 e. The van der Waals surface area contributed by atoms with Crippen molar-refractivity contribution in [3.05, 3.63) is 47.5 Å². The zero-order valence-corrected chi connectivity index (χ0v) is 22.4. The molecule has 0 aromatic heterocycles. The molecule has 0 spiro atoms. The van der Waals surface area contributed by atoms with Crippen LogP contribution in [0.2, 0.25) is 0 Å². The van der Waals surface area contributed by atoms with Gasteiger partial charge in [-0.1, -0.05) is 18.2 Å². The third-order valence-electron chi connectivity index (χ3n) is 7.19. The van der Waals surface area contributed by atoms with Crippen molar-refractivity contribution in [1.29, 1.82) is 0 Å². The first-order chi connectivity index (χ1) is 17.3. The van der Waals surface area contributed by atoms with Gasteiger partial charge in [0.1, 0.15) is 11.4 Å². The number of thioether (sulfide) groups is 1. The van der Waals surface area contributed by atoms with Crippen molar-refractivity contribution >= 4 is 29.6 Å². The smallest absolute Gasteiger partial charge is 0.410 e. The number of carbonyl (C=O) groups excluding carboxylic acids is 1. The summed E-state index contributed by atoms with van der Waals surface area (Å²) in [6, 6.07) is 11.2. The van der Waals surface area contributed by atoms with Gasteiger partial charge in [-0.3, -0.25) is 0 Å². The lowest BCUT2D eigenvalue weighted by atomic mass is 9.87. The van der Waals surface area contributed by atoms with E-state index in [2.05, 4.69) is 23.1 Å². The SMILES string of the molecule is COc1ccc(-c2cc3c4c(c2)[C@@H]2CN(C(=O)OC(C)(C)C)CC[C@@H]2N4CCCS3)c(/C=C/CO)c1. The molecule has 3 aliphatic rings. The van der Waals surface area contributed by atoms with Crippen molar-refractivity contribution in [2.75, 3.05) is 44.0 Å². The Hall–Kier alpha value is -2.64. The van der Waals surface area contributed by atoms with Gasteiger partial charge in [0.05, 0.1) is 19.4 Å². The summed E-state index contributed by atoms with van der Waals surface area (Å²) >= 11 is 1.94. The van der Waals surface area contributed by atoms with Gasteiger partial charge >= 0.3 is 6.09 Å². The summed E-state index contributed by atoms with van der Waals surface area (Å²) < 4.78 is 11.2. The summed E-state index contributed by atoms with van der Waals surface area (Å²) in [7, 11) is 1.67. The van der Waals surface area contributed by atoms with Crippen molar-refractivity contribution in [2.24, 2.45) is 0 Å². The highest BCUT2D eigenvalue weighted by Gasteiger charge is 2.45. The van der Waals surface area contributed by atoms with E-state index in [1.165, 1.54) is 16.1 Å². The molecule has 1 saturated heterocycles. The topological polar surface area (TPSA) is 62.2 Å². The number of piperidine rings is 1. The lowest BCUT2D eigenvalue weighted by Crippen LogP contribution is -2.49. The lowest BCUT2D eigenvalue weighted by molar-refractivity contribution is 0.0189. The molecule has 3 aliphatic heterocycles. The molecule has 36 heavy (non-hydrogen) atoms. The van der Waals surface area contributed by atoms with Gasteiger partial charge in [0, 0.05) is 36.5 Å². The summed E-state index contributed by atoms with van der Waals surface area (Å²) in [6.07, 6.45) is 5.60. The molecule has 2 aromatic carbocycles. The Bertz CT molecular complexity index is 1170. The number of carbonyl (C=O) groups is 1. The first kappa shape index (κ1) is 25.0. The molecule has 3 heterocycles. The Labute approximate surface area is 218 Å². The monoisotopic (exact) mass is 508 g/mol. The van der Waals surface area contributed by atoms with Crippen LogP contribution in [0.3, 0.4) is 0 Å². The predicted molar refractivity (Wildman–Crippen MR) is 146 cm³/mol. The van der Waals surface area contributed by atoms with E-state index in [4.69, 9.17) is 9.47 Å². The molecular weight excluding hydrogens is 472 g/mol. The molecule has 6 nitrogen and oxygen atoms in total. The van der Waals surface area contributed by atoms with Gasteiger partial charge in [-0.25, -0.2) is 4.79 Å². The number of anilines is 1. The molecule has 1 fully saturated rings. The number of nitrogens with zero attached hydrogens (tertiary/aromatic N) is 2. The molecule has 2 aromatic rings. The third-order valence-corrected chi connectivity index (χ3v) is 8.31. The van der Waals surface area contributed by atoms with Gasteiger partial charge in [0.15, 0.2) is 0 Å². The van der Waals surface area contributed by atoms with Crippen LogP contribution in [0, 0.1) is 0 Å². The van der Waals surface area contributed by atoms with E-state index in [0.717, 1.165) is 54.1 Å². The summed E-state index contributed by atoms with van der Waals surface area (Å²) in [5, 5.41) is 9.39.